The number of nitrogens with one attached hydrogen (secondary N) is 1. The summed E-state index contributed by atoms with van der Waals surface area (Å²) < 4.78 is 10.1. The fraction of sp³-hybridized carbons (Fsp3) is 0.510. The highest BCUT2D eigenvalue weighted by Crippen LogP contribution is 2.45. The number of aromatic nitrogens is 6. The van der Waals surface area contributed by atoms with Crippen LogP contribution in [0.15, 0.2) is 73.1 Å². The molecular weight excluding hydrogens is 884 g/mol. The topological polar surface area (TPSA) is 115 Å². The highest BCUT2D eigenvalue weighted by atomic mass is 35.5. The molecule has 4 fully saturated rings. The molecule has 4 aliphatic heterocycles. The zero-order valence-electron chi connectivity index (χ0n) is 40.1. The number of ether oxygens (including phenoxy) is 1. The van der Waals surface area contributed by atoms with E-state index in [1.54, 1.807) is 6.20 Å². The monoisotopic (exact) mass is 948 g/mol. The number of hydrogen-bond acceptors (Lipinski definition) is 11. The molecule has 10 heterocycles. The van der Waals surface area contributed by atoms with Gasteiger partial charge in [-0.15, -0.1) is 0 Å². The Morgan fingerprint density at radius 3 is 1.60 bits per heavy atom. The molecule has 0 saturated carbocycles. The number of fused-ring (bicyclic) bond motifs is 2. The molecular formula is C51H66Cl2N12O2. The third-order valence-electron chi connectivity index (χ3n) is 13.8. The number of pyridine rings is 4. The molecule has 6 aromatic rings. The normalized spacial score (nSPS) is 22.3. The summed E-state index contributed by atoms with van der Waals surface area (Å²) >= 11 is 14.1. The molecule has 67 heavy (non-hydrogen) atoms. The van der Waals surface area contributed by atoms with Crippen LogP contribution >= 0.6 is 23.2 Å². The summed E-state index contributed by atoms with van der Waals surface area (Å²) in [7, 11) is 4.32. The Labute approximate surface area is 405 Å². The molecule has 6 aromatic heterocycles. The number of halogens is 2. The number of aryl methyl sites for hydroxylation is 2. The maximum absolute atomic E-state index is 13.7. The van der Waals surface area contributed by atoms with Crippen molar-refractivity contribution in [2.75, 3.05) is 76.3 Å². The number of imidazole rings is 2. The lowest BCUT2D eigenvalue weighted by Gasteiger charge is -2.42. The molecule has 4 aliphatic rings. The number of piperidine rings is 2. The second-order valence-electron chi connectivity index (χ2n) is 19.8. The summed E-state index contributed by atoms with van der Waals surface area (Å²) in [5.41, 5.74) is 7.08. The lowest BCUT2D eigenvalue weighted by molar-refractivity contribution is -0.00794. The Hall–Kier alpha value is -4.99. The number of rotatable bonds is 6. The first-order valence-corrected chi connectivity index (χ1v) is 24.8. The molecule has 16 heteroatoms. The molecule has 4 atom stereocenters. The van der Waals surface area contributed by atoms with Crippen LogP contribution in [0.25, 0.3) is 11.3 Å². The molecule has 0 unspecified atom stereocenters. The van der Waals surface area contributed by atoms with Gasteiger partial charge >= 0.3 is 6.09 Å². The van der Waals surface area contributed by atoms with Gasteiger partial charge in [-0.05, 0) is 135 Å². The maximum Gasteiger partial charge on any atom is 0.411 e. The SMILES string of the molecule is Cc1cccnc1[C@H]1CCC[C@@H](c2nc3cccc(N4CCN(C)CC4)n3c2Cl)N1.Cc1cccnc1[C@H]1CCC[C@@H](c2nc3cccc(N4CCN(C)CC4)n3c2Cl)N1C(=O)OC(C)(C)C. The van der Waals surface area contributed by atoms with Crippen molar-refractivity contribution in [3.8, 4) is 0 Å². The number of likely N-dealkylation sites (N-methyl/N-ethyl adjacent to an activating group) is 2. The molecule has 1 N–H and O–H groups in total. The van der Waals surface area contributed by atoms with Gasteiger partial charge in [0.2, 0.25) is 0 Å². The Morgan fingerprint density at radius 2 is 1.07 bits per heavy atom. The number of piperazine rings is 2. The van der Waals surface area contributed by atoms with Crippen LogP contribution in [0.3, 0.4) is 0 Å². The minimum atomic E-state index is -0.625. The van der Waals surface area contributed by atoms with Crippen molar-refractivity contribution in [1.29, 1.82) is 0 Å². The molecule has 356 valence electrons. The average Bonchev–Trinajstić information content (AvgIpc) is 3.85. The zero-order valence-corrected chi connectivity index (χ0v) is 41.6. The van der Waals surface area contributed by atoms with Crippen LogP contribution in [0, 0.1) is 13.8 Å². The van der Waals surface area contributed by atoms with Crippen LogP contribution in [-0.4, -0.2) is 122 Å². The van der Waals surface area contributed by atoms with E-state index in [0.29, 0.717) is 10.8 Å². The summed E-state index contributed by atoms with van der Waals surface area (Å²) in [5, 5.41) is 5.08. The number of carbonyl (C=O) groups is 1. The minimum absolute atomic E-state index is 0.137. The number of hydrogen-bond donors (Lipinski definition) is 1. The third-order valence-corrected chi connectivity index (χ3v) is 14.6. The molecule has 4 saturated heterocycles. The van der Waals surface area contributed by atoms with Gasteiger partial charge < -0.3 is 29.7 Å². The number of anilines is 2. The smallest absolute Gasteiger partial charge is 0.411 e. The average molecular weight is 950 g/mol. The van der Waals surface area contributed by atoms with Crippen molar-refractivity contribution < 1.29 is 9.53 Å². The maximum atomic E-state index is 13.7. The van der Waals surface area contributed by atoms with Crippen molar-refractivity contribution in [1.82, 2.24) is 48.8 Å². The van der Waals surface area contributed by atoms with Crippen LogP contribution in [0.1, 0.15) is 117 Å². The molecule has 0 radical (unpaired) electrons. The van der Waals surface area contributed by atoms with Gasteiger partial charge in [-0.25, -0.2) is 14.8 Å². The number of nitrogens with zero attached hydrogens (tertiary/aromatic N) is 11. The van der Waals surface area contributed by atoms with E-state index in [9.17, 15) is 4.79 Å². The molecule has 1 amide bonds. The first-order valence-electron chi connectivity index (χ1n) is 24.1. The first-order chi connectivity index (χ1) is 32.3. The van der Waals surface area contributed by atoms with Crippen LogP contribution in [-0.2, 0) is 4.74 Å². The lowest BCUT2D eigenvalue weighted by atomic mass is 9.90. The van der Waals surface area contributed by atoms with E-state index >= 15 is 0 Å². The van der Waals surface area contributed by atoms with Gasteiger partial charge in [-0.1, -0.05) is 47.5 Å². The summed E-state index contributed by atoms with van der Waals surface area (Å²) in [5.74, 6) is 2.17. The van der Waals surface area contributed by atoms with E-state index < -0.39 is 5.60 Å². The molecule has 14 nitrogen and oxygen atoms in total. The Bertz CT molecular complexity index is 2680. The van der Waals surface area contributed by atoms with Gasteiger partial charge in [-0.3, -0.25) is 23.7 Å². The predicted octanol–water partition coefficient (Wildman–Crippen LogP) is 9.65. The Morgan fingerprint density at radius 1 is 0.612 bits per heavy atom. The minimum Gasteiger partial charge on any atom is -0.444 e. The van der Waals surface area contributed by atoms with E-state index in [1.165, 1.54) is 5.56 Å². The van der Waals surface area contributed by atoms with Gasteiger partial charge in [0.25, 0.3) is 0 Å². The van der Waals surface area contributed by atoms with Gasteiger partial charge in [-0.2, -0.15) is 0 Å². The lowest BCUT2D eigenvalue weighted by Crippen LogP contribution is -2.45. The predicted molar refractivity (Wildman–Crippen MR) is 268 cm³/mol. The van der Waals surface area contributed by atoms with Crippen molar-refractivity contribution in [3.05, 3.63) is 117 Å². The Balaban J connectivity index is 0.000000171. The van der Waals surface area contributed by atoms with Gasteiger partial charge in [0.1, 0.15) is 44.5 Å². The summed E-state index contributed by atoms with van der Waals surface area (Å²) in [4.78, 5) is 44.4. The fourth-order valence-corrected chi connectivity index (χ4v) is 11.0. The summed E-state index contributed by atoms with van der Waals surface area (Å²) in [6.45, 7) is 17.8. The molecule has 0 spiro atoms. The van der Waals surface area contributed by atoms with Crippen LogP contribution in [0.4, 0.5) is 16.4 Å². The summed E-state index contributed by atoms with van der Waals surface area (Å²) in [6.07, 6.45) is 9.07. The third kappa shape index (κ3) is 9.97. The van der Waals surface area contributed by atoms with E-state index in [1.807, 2.05) is 73.5 Å². The first kappa shape index (κ1) is 47.1. The molecule has 0 bridgehead atoms. The van der Waals surface area contributed by atoms with E-state index in [-0.39, 0.29) is 30.3 Å². The molecule has 10 rings (SSSR count). The van der Waals surface area contributed by atoms with Crippen molar-refractivity contribution in [2.24, 2.45) is 0 Å². The van der Waals surface area contributed by atoms with E-state index in [0.717, 1.165) is 142 Å². The summed E-state index contributed by atoms with van der Waals surface area (Å²) in [6, 6.07) is 20.4. The highest BCUT2D eigenvalue weighted by molar-refractivity contribution is 6.31. The van der Waals surface area contributed by atoms with Crippen LogP contribution in [0.5, 0.6) is 0 Å². The fourth-order valence-electron chi connectivity index (χ4n) is 10.3. The van der Waals surface area contributed by atoms with Crippen molar-refractivity contribution >= 4 is 52.2 Å². The van der Waals surface area contributed by atoms with Crippen LogP contribution < -0.4 is 15.1 Å². The molecule has 0 aromatic carbocycles. The molecule has 0 aliphatic carbocycles. The van der Waals surface area contributed by atoms with Crippen LogP contribution in [0.2, 0.25) is 10.3 Å². The number of carbonyl (C=O) groups excluding carboxylic acids is 1. The van der Waals surface area contributed by atoms with Gasteiger partial charge in [0.15, 0.2) is 0 Å². The Kier molecular flexibility index (Phi) is 14.0. The van der Waals surface area contributed by atoms with Gasteiger partial charge in [0.05, 0.1) is 41.2 Å². The van der Waals surface area contributed by atoms with Gasteiger partial charge in [0, 0.05) is 64.8 Å². The van der Waals surface area contributed by atoms with E-state index in [2.05, 4.69) is 90.6 Å². The second-order valence-corrected chi connectivity index (χ2v) is 20.5. The zero-order chi connectivity index (χ0) is 47.0. The van der Waals surface area contributed by atoms with E-state index in [4.69, 9.17) is 37.9 Å². The largest absolute Gasteiger partial charge is 0.444 e. The van der Waals surface area contributed by atoms with Crippen molar-refractivity contribution in [3.63, 3.8) is 0 Å². The second kappa shape index (κ2) is 19.9. The quantitative estimate of drug-likeness (QED) is 0.172. The highest BCUT2D eigenvalue weighted by Gasteiger charge is 2.42. The standard InChI is InChI=1S/C28H37ClN6O2.C23H29ClN6/c1-19-9-8-14-30-24(19)20-10-6-11-21(34(20)27(36)37-28(2,3)4)25-26(29)35-22(31-25)12-7-13-23(35)33-17-15-32(5)16-18-33;1-16-6-5-11-25-21(16)17-7-3-8-18(26-17)22-23(24)30-19(27-22)9-4-10-20(30)29-14-12-28(2)13-15-29/h7-9,12-14,20-21H,6,10-11,15-18H2,1-5H3;4-6,9-11,17-18,26H,3,7-8,12-15H2,1-2H3/t20-,21+;17-,18+/m11/s1. The number of likely N-dealkylation sites (tertiary alicyclic amines) is 1. The number of amides is 1. The van der Waals surface area contributed by atoms with Crippen molar-refractivity contribution in [2.45, 2.75) is 103 Å².